The van der Waals surface area contributed by atoms with Crippen LogP contribution in [0.5, 0.6) is 0 Å². The predicted octanol–water partition coefficient (Wildman–Crippen LogP) is 3.13. The van der Waals surface area contributed by atoms with E-state index in [1.165, 1.54) is 12.0 Å². The normalized spacial score (nSPS) is 18.4. The average molecular weight is 422 g/mol. The number of rotatable bonds is 7. The van der Waals surface area contributed by atoms with E-state index in [1.54, 1.807) is 0 Å². The van der Waals surface area contributed by atoms with E-state index >= 15 is 0 Å². The smallest absolute Gasteiger partial charge is 0.225 e. The molecule has 0 radical (unpaired) electrons. The SMILES string of the molecule is CNCCC1CCN(C(=O)C2CCN(C(=O)CCc3ccccc3)CC2)CC1.Cl. The highest BCUT2D eigenvalue weighted by Crippen LogP contribution is 2.25. The second-order valence-corrected chi connectivity index (χ2v) is 8.30. The third-order valence-electron chi connectivity index (χ3n) is 6.40. The van der Waals surface area contributed by atoms with Gasteiger partial charge in [-0.05, 0) is 63.6 Å². The molecule has 3 rings (SSSR count). The minimum Gasteiger partial charge on any atom is -0.343 e. The topological polar surface area (TPSA) is 52.7 Å². The van der Waals surface area contributed by atoms with Crippen LogP contribution < -0.4 is 5.32 Å². The largest absolute Gasteiger partial charge is 0.343 e. The summed E-state index contributed by atoms with van der Waals surface area (Å²) in [7, 11) is 2.00. The highest BCUT2D eigenvalue weighted by molar-refractivity contribution is 5.85. The van der Waals surface area contributed by atoms with E-state index < -0.39 is 0 Å². The molecule has 0 unspecified atom stereocenters. The van der Waals surface area contributed by atoms with Crippen molar-refractivity contribution in [1.82, 2.24) is 15.1 Å². The number of likely N-dealkylation sites (tertiary alicyclic amines) is 2. The Kier molecular flexibility index (Phi) is 9.95. The highest BCUT2D eigenvalue weighted by atomic mass is 35.5. The number of benzene rings is 1. The van der Waals surface area contributed by atoms with Crippen LogP contribution in [0.2, 0.25) is 0 Å². The molecule has 6 heteroatoms. The lowest BCUT2D eigenvalue weighted by Crippen LogP contribution is -2.46. The van der Waals surface area contributed by atoms with Gasteiger partial charge >= 0.3 is 0 Å². The maximum absolute atomic E-state index is 12.9. The molecule has 1 aromatic rings. The molecular weight excluding hydrogens is 386 g/mol. The number of hydrogen-bond donors (Lipinski definition) is 1. The van der Waals surface area contributed by atoms with Crippen molar-refractivity contribution in [1.29, 1.82) is 0 Å². The number of aryl methyl sites for hydroxylation is 1. The number of hydrogen-bond acceptors (Lipinski definition) is 3. The van der Waals surface area contributed by atoms with Crippen LogP contribution in [0, 0.1) is 11.8 Å². The van der Waals surface area contributed by atoms with Gasteiger partial charge in [0, 0.05) is 38.5 Å². The molecule has 2 fully saturated rings. The van der Waals surface area contributed by atoms with E-state index in [9.17, 15) is 9.59 Å². The van der Waals surface area contributed by atoms with Crippen molar-refractivity contribution >= 4 is 24.2 Å². The van der Waals surface area contributed by atoms with Crippen molar-refractivity contribution in [2.45, 2.75) is 44.9 Å². The zero-order valence-electron chi connectivity index (χ0n) is 17.6. The first-order chi connectivity index (χ1) is 13.7. The maximum atomic E-state index is 12.9. The zero-order valence-corrected chi connectivity index (χ0v) is 18.5. The Hall–Kier alpha value is -1.59. The third kappa shape index (κ3) is 7.00. The lowest BCUT2D eigenvalue weighted by Gasteiger charge is -2.37. The number of nitrogens with zero attached hydrogens (tertiary/aromatic N) is 2. The molecular formula is C23H36ClN3O2. The summed E-state index contributed by atoms with van der Waals surface area (Å²) in [4.78, 5) is 29.4. The number of nitrogens with one attached hydrogen (secondary N) is 1. The molecule has 0 aromatic heterocycles. The van der Waals surface area contributed by atoms with Crippen LogP contribution in [-0.4, -0.2) is 61.4 Å². The first-order valence-electron chi connectivity index (χ1n) is 10.9. The average Bonchev–Trinajstić information content (AvgIpc) is 2.76. The van der Waals surface area contributed by atoms with Gasteiger partial charge in [0.05, 0.1) is 0 Å². The number of carbonyl (C=O) groups excluding carboxylic acids is 2. The summed E-state index contributed by atoms with van der Waals surface area (Å²) in [5.41, 5.74) is 1.21. The van der Waals surface area contributed by atoms with Crippen molar-refractivity contribution in [3.63, 3.8) is 0 Å². The molecule has 2 amide bonds. The molecule has 0 aliphatic carbocycles. The second kappa shape index (κ2) is 12.2. The Morgan fingerprint density at radius 2 is 1.59 bits per heavy atom. The Bertz CT molecular complexity index is 624. The van der Waals surface area contributed by atoms with E-state index in [2.05, 4.69) is 22.3 Å². The molecule has 0 atom stereocenters. The number of amides is 2. The fourth-order valence-corrected chi connectivity index (χ4v) is 4.48. The van der Waals surface area contributed by atoms with Crippen molar-refractivity contribution < 1.29 is 9.59 Å². The predicted molar refractivity (Wildman–Crippen MR) is 119 cm³/mol. The minimum absolute atomic E-state index is 0. The third-order valence-corrected chi connectivity index (χ3v) is 6.40. The fraction of sp³-hybridized carbons (Fsp3) is 0.652. The highest BCUT2D eigenvalue weighted by Gasteiger charge is 2.31. The summed E-state index contributed by atoms with van der Waals surface area (Å²) in [6, 6.07) is 10.2. The Balaban J connectivity index is 0.00000300. The quantitative estimate of drug-likeness (QED) is 0.735. The van der Waals surface area contributed by atoms with Crippen LogP contribution in [0.15, 0.2) is 30.3 Å². The minimum atomic E-state index is 0. The van der Waals surface area contributed by atoms with Gasteiger partial charge in [0.1, 0.15) is 0 Å². The summed E-state index contributed by atoms with van der Waals surface area (Å²) < 4.78 is 0. The molecule has 0 spiro atoms. The summed E-state index contributed by atoms with van der Waals surface area (Å²) >= 11 is 0. The first-order valence-corrected chi connectivity index (χ1v) is 10.9. The lowest BCUT2D eigenvalue weighted by molar-refractivity contribution is -0.141. The zero-order chi connectivity index (χ0) is 19.8. The summed E-state index contributed by atoms with van der Waals surface area (Å²) in [6.45, 7) is 4.33. The second-order valence-electron chi connectivity index (χ2n) is 8.30. The van der Waals surface area contributed by atoms with Gasteiger partial charge in [-0.3, -0.25) is 9.59 Å². The van der Waals surface area contributed by atoms with Crippen LogP contribution in [0.3, 0.4) is 0 Å². The van der Waals surface area contributed by atoms with Gasteiger partial charge in [0.15, 0.2) is 0 Å². The molecule has 2 heterocycles. The van der Waals surface area contributed by atoms with E-state index in [0.29, 0.717) is 12.3 Å². The number of carbonyl (C=O) groups is 2. The van der Waals surface area contributed by atoms with E-state index in [1.807, 2.05) is 30.1 Å². The molecule has 1 aromatic carbocycles. The Labute approximate surface area is 181 Å². The maximum Gasteiger partial charge on any atom is 0.225 e. The van der Waals surface area contributed by atoms with Crippen molar-refractivity contribution in [2.24, 2.45) is 11.8 Å². The van der Waals surface area contributed by atoms with Crippen LogP contribution in [0.25, 0.3) is 0 Å². The molecule has 5 nitrogen and oxygen atoms in total. The molecule has 2 saturated heterocycles. The van der Waals surface area contributed by atoms with Gasteiger partial charge in [-0.15, -0.1) is 12.4 Å². The Morgan fingerprint density at radius 1 is 0.966 bits per heavy atom. The van der Waals surface area contributed by atoms with Gasteiger partial charge in [-0.1, -0.05) is 30.3 Å². The standard InChI is InChI=1S/C23H35N3O2.ClH/c1-24-14-9-20-10-15-26(16-11-20)23(28)21-12-17-25(18-13-21)22(27)8-7-19-5-3-2-4-6-19;/h2-6,20-21,24H,7-18H2,1H3;1H. The van der Waals surface area contributed by atoms with Crippen molar-refractivity contribution in [3.8, 4) is 0 Å². The van der Waals surface area contributed by atoms with E-state index in [0.717, 1.165) is 70.7 Å². The van der Waals surface area contributed by atoms with Crippen LogP contribution in [0.1, 0.15) is 44.1 Å². The first kappa shape index (κ1) is 23.7. The van der Waals surface area contributed by atoms with Crippen LogP contribution in [0.4, 0.5) is 0 Å². The molecule has 2 aliphatic heterocycles. The number of piperidine rings is 2. The van der Waals surface area contributed by atoms with Crippen LogP contribution >= 0.6 is 12.4 Å². The van der Waals surface area contributed by atoms with E-state index in [-0.39, 0.29) is 24.2 Å². The van der Waals surface area contributed by atoms with Gasteiger partial charge in [0.25, 0.3) is 0 Å². The molecule has 0 saturated carbocycles. The van der Waals surface area contributed by atoms with E-state index in [4.69, 9.17) is 0 Å². The van der Waals surface area contributed by atoms with Gasteiger partial charge in [0.2, 0.25) is 11.8 Å². The monoisotopic (exact) mass is 421 g/mol. The molecule has 162 valence electrons. The van der Waals surface area contributed by atoms with Gasteiger partial charge in [-0.2, -0.15) is 0 Å². The summed E-state index contributed by atoms with van der Waals surface area (Å²) in [5, 5.41) is 3.22. The summed E-state index contributed by atoms with van der Waals surface area (Å²) in [6.07, 6.45) is 6.45. The summed E-state index contributed by atoms with van der Waals surface area (Å²) in [5.74, 6) is 1.40. The number of halogens is 1. The van der Waals surface area contributed by atoms with Crippen LogP contribution in [-0.2, 0) is 16.0 Å². The lowest BCUT2D eigenvalue weighted by atomic mass is 9.90. The van der Waals surface area contributed by atoms with Gasteiger partial charge in [-0.25, -0.2) is 0 Å². The Morgan fingerprint density at radius 3 is 2.21 bits per heavy atom. The van der Waals surface area contributed by atoms with Gasteiger partial charge < -0.3 is 15.1 Å². The molecule has 29 heavy (non-hydrogen) atoms. The van der Waals surface area contributed by atoms with Crippen molar-refractivity contribution in [3.05, 3.63) is 35.9 Å². The van der Waals surface area contributed by atoms with Crippen molar-refractivity contribution in [2.75, 3.05) is 39.8 Å². The molecule has 0 bridgehead atoms. The molecule has 1 N–H and O–H groups in total. The molecule has 2 aliphatic rings. The fourth-order valence-electron chi connectivity index (χ4n) is 4.48.